The van der Waals surface area contributed by atoms with E-state index < -0.39 is 18.7 Å². The molecule has 0 spiro atoms. The predicted molar refractivity (Wildman–Crippen MR) is 43.0 cm³/mol. The van der Waals surface area contributed by atoms with Crippen LogP contribution in [-0.2, 0) is 28.7 Å². The second-order valence-electron chi connectivity index (χ2n) is 2.40. The van der Waals surface area contributed by atoms with E-state index in [2.05, 4.69) is 9.47 Å². The Morgan fingerprint density at radius 1 is 1.14 bits per heavy atom. The van der Waals surface area contributed by atoms with E-state index in [1.54, 1.807) is 0 Å². The van der Waals surface area contributed by atoms with Gasteiger partial charge in [-0.05, 0) is 6.92 Å². The van der Waals surface area contributed by atoms with Gasteiger partial charge < -0.3 is 14.3 Å². The minimum Gasteiger partial charge on any atom is -0.428 e. The molecule has 0 aromatic carbocycles. The molecule has 0 aromatic heterocycles. The van der Waals surface area contributed by atoms with Crippen LogP contribution < -0.4 is 0 Å². The highest BCUT2D eigenvalue weighted by Crippen LogP contribution is 1.90. The van der Waals surface area contributed by atoms with Crippen LogP contribution >= 0.6 is 0 Å². The Kier molecular flexibility index (Phi) is 5.93. The van der Waals surface area contributed by atoms with Crippen LogP contribution in [0.4, 0.5) is 0 Å². The van der Waals surface area contributed by atoms with Gasteiger partial charge in [0.05, 0.1) is 0 Å². The lowest BCUT2D eigenvalue weighted by atomic mass is 10.3. The van der Waals surface area contributed by atoms with Gasteiger partial charge in [0, 0.05) is 0 Å². The van der Waals surface area contributed by atoms with E-state index in [0.717, 1.165) is 0 Å². The van der Waals surface area contributed by atoms with Crippen molar-refractivity contribution in [2.24, 2.45) is 0 Å². The van der Waals surface area contributed by atoms with E-state index in [9.17, 15) is 19.2 Å². The van der Waals surface area contributed by atoms with Gasteiger partial charge in [-0.2, -0.15) is 0 Å². The zero-order chi connectivity index (χ0) is 11.0. The largest absolute Gasteiger partial charge is 0.428 e. The first kappa shape index (κ1) is 12.3. The van der Waals surface area contributed by atoms with Crippen LogP contribution in [0.15, 0.2) is 0 Å². The summed E-state index contributed by atoms with van der Waals surface area (Å²) in [6.45, 7) is 0.665. The molecule has 0 saturated carbocycles. The van der Waals surface area contributed by atoms with Crippen molar-refractivity contribution in [3.05, 3.63) is 0 Å². The molecule has 0 aliphatic heterocycles. The molecule has 0 N–H and O–H groups in total. The van der Waals surface area contributed by atoms with Crippen LogP contribution in [0.1, 0.15) is 19.8 Å². The van der Waals surface area contributed by atoms with Crippen molar-refractivity contribution in [2.75, 3.05) is 6.79 Å². The molecule has 0 aliphatic rings. The zero-order valence-electron chi connectivity index (χ0n) is 7.65. The van der Waals surface area contributed by atoms with Gasteiger partial charge in [0.2, 0.25) is 6.79 Å². The third kappa shape index (κ3) is 6.96. The Balaban J connectivity index is 3.53. The fourth-order valence-corrected chi connectivity index (χ4v) is 0.542. The Morgan fingerprint density at radius 2 is 1.71 bits per heavy atom. The van der Waals surface area contributed by atoms with Crippen LogP contribution in [0, 0.1) is 0 Å². The molecule has 78 valence electrons. The summed E-state index contributed by atoms with van der Waals surface area (Å²) in [4.78, 5) is 41.4. The van der Waals surface area contributed by atoms with E-state index in [-0.39, 0.29) is 18.6 Å². The highest BCUT2D eigenvalue weighted by molar-refractivity contribution is 5.94. The molecule has 0 rings (SSSR count). The number of carbonyl (C=O) groups excluding carboxylic acids is 4. The van der Waals surface area contributed by atoms with Crippen molar-refractivity contribution >= 4 is 24.0 Å². The first-order chi connectivity index (χ1) is 6.56. The second-order valence-corrected chi connectivity index (χ2v) is 2.40. The minimum absolute atomic E-state index is 0.339. The summed E-state index contributed by atoms with van der Waals surface area (Å²) in [5, 5.41) is 0. The number of Topliss-reactive ketones (excluding diaryl/α,β-unsaturated/α-hetero) is 1. The van der Waals surface area contributed by atoms with Crippen molar-refractivity contribution in [3.8, 4) is 0 Å². The summed E-state index contributed by atoms with van der Waals surface area (Å²) in [7, 11) is 0. The maximum absolute atomic E-state index is 10.7. The smallest absolute Gasteiger partial charge is 0.316 e. The van der Waals surface area contributed by atoms with Crippen LogP contribution in [0.25, 0.3) is 0 Å². The van der Waals surface area contributed by atoms with E-state index in [4.69, 9.17) is 0 Å². The van der Waals surface area contributed by atoms with Crippen LogP contribution in [0.3, 0.4) is 0 Å². The third-order valence-electron chi connectivity index (χ3n) is 1.08. The number of ketones is 1. The Bertz CT molecular complexity index is 244. The molecule has 0 aromatic rings. The quantitative estimate of drug-likeness (QED) is 0.252. The number of aldehydes is 1. The van der Waals surface area contributed by atoms with Gasteiger partial charge in [-0.15, -0.1) is 0 Å². The second kappa shape index (κ2) is 6.76. The Morgan fingerprint density at radius 3 is 2.21 bits per heavy atom. The summed E-state index contributed by atoms with van der Waals surface area (Å²) in [6, 6.07) is 0. The topological polar surface area (TPSA) is 86.7 Å². The molecule has 0 unspecified atom stereocenters. The fraction of sp³-hybridized carbons (Fsp3) is 0.500. The van der Waals surface area contributed by atoms with Gasteiger partial charge in [0.15, 0.2) is 0 Å². The van der Waals surface area contributed by atoms with E-state index in [0.29, 0.717) is 6.29 Å². The number of hydrogen-bond donors (Lipinski definition) is 0. The fourth-order valence-electron chi connectivity index (χ4n) is 0.542. The van der Waals surface area contributed by atoms with Gasteiger partial charge in [-0.3, -0.25) is 14.4 Å². The van der Waals surface area contributed by atoms with Crippen LogP contribution in [-0.4, -0.2) is 30.8 Å². The lowest BCUT2D eigenvalue weighted by molar-refractivity contribution is -0.167. The monoisotopic (exact) mass is 202 g/mol. The number of esters is 2. The predicted octanol–water partition coefficient (Wildman–Crippen LogP) is -0.402. The van der Waals surface area contributed by atoms with Gasteiger partial charge in [-0.1, -0.05) is 0 Å². The van der Waals surface area contributed by atoms with Crippen molar-refractivity contribution in [3.63, 3.8) is 0 Å². The molecule has 0 saturated heterocycles. The number of carbonyl (C=O) groups is 4. The zero-order valence-corrected chi connectivity index (χ0v) is 7.65. The van der Waals surface area contributed by atoms with Crippen LogP contribution in [0.5, 0.6) is 0 Å². The minimum atomic E-state index is -0.782. The highest BCUT2D eigenvalue weighted by Gasteiger charge is 2.07. The highest BCUT2D eigenvalue weighted by atomic mass is 16.7. The molecule has 0 heterocycles. The van der Waals surface area contributed by atoms with Crippen molar-refractivity contribution in [2.45, 2.75) is 19.8 Å². The normalized spacial score (nSPS) is 8.93. The molecule has 6 heteroatoms. The Hall–Kier alpha value is -1.72. The number of ether oxygens (including phenoxy) is 2. The van der Waals surface area contributed by atoms with Crippen molar-refractivity contribution in [1.29, 1.82) is 0 Å². The molecule has 0 aliphatic carbocycles. The van der Waals surface area contributed by atoms with Gasteiger partial charge >= 0.3 is 11.9 Å². The molecule has 14 heavy (non-hydrogen) atoms. The molecule has 0 fully saturated rings. The number of hydrogen-bond acceptors (Lipinski definition) is 6. The first-order valence-corrected chi connectivity index (χ1v) is 3.80. The average molecular weight is 202 g/mol. The SMILES string of the molecule is CC(=O)CC(=O)OCOC(=O)CC=O. The summed E-state index contributed by atoms with van der Waals surface area (Å²) in [6.07, 6.45) is -0.366. The number of rotatable bonds is 6. The molecule has 0 amide bonds. The molecule has 6 nitrogen and oxygen atoms in total. The van der Waals surface area contributed by atoms with E-state index in [1.807, 2.05) is 0 Å². The van der Waals surface area contributed by atoms with Crippen molar-refractivity contribution in [1.82, 2.24) is 0 Å². The third-order valence-corrected chi connectivity index (χ3v) is 1.08. The summed E-state index contributed by atoms with van der Waals surface area (Å²) in [5.41, 5.74) is 0. The molecule has 0 radical (unpaired) electrons. The maximum atomic E-state index is 10.7. The van der Waals surface area contributed by atoms with Crippen LogP contribution in [0.2, 0.25) is 0 Å². The molecule has 0 bridgehead atoms. The summed E-state index contributed by atoms with van der Waals surface area (Å²) < 4.78 is 8.66. The summed E-state index contributed by atoms with van der Waals surface area (Å²) in [5.74, 6) is -1.89. The molecular weight excluding hydrogens is 192 g/mol. The van der Waals surface area contributed by atoms with Gasteiger partial charge in [0.25, 0.3) is 0 Å². The van der Waals surface area contributed by atoms with E-state index in [1.165, 1.54) is 6.92 Å². The van der Waals surface area contributed by atoms with Gasteiger partial charge in [-0.25, -0.2) is 0 Å². The Labute approximate surface area is 80.2 Å². The standard InChI is InChI=1S/C8H10O6/c1-6(10)4-8(12)14-5-13-7(11)2-3-9/h3H,2,4-5H2,1H3. The molecule has 0 atom stereocenters. The molecular formula is C8H10O6. The van der Waals surface area contributed by atoms with Crippen molar-refractivity contribution < 1.29 is 28.7 Å². The summed E-state index contributed by atoms with van der Waals surface area (Å²) >= 11 is 0. The van der Waals surface area contributed by atoms with Gasteiger partial charge in [0.1, 0.15) is 24.9 Å². The first-order valence-electron chi connectivity index (χ1n) is 3.80. The maximum Gasteiger partial charge on any atom is 0.316 e. The lowest BCUT2D eigenvalue weighted by Crippen LogP contribution is -2.14. The average Bonchev–Trinajstić information content (AvgIpc) is 2.02. The lowest BCUT2D eigenvalue weighted by Gasteiger charge is -2.03. The van der Waals surface area contributed by atoms with E-state index >= 15 is 0 Å².